The fourth-order valence-electron chi connectivity index (χ4n) is 1.17. The zero-order chi connectivity index (χ0) is 9.84. The molecule has 0 spiro atoms. The number of hydrogen-bond donors (Lipinski definition) is 2. The van der Waals surface area contributed by atoms with Gasteiger partial charge in [-0.15, -0.1) is 0 Å². The van der Waals surface area contributed by atoms with E-state index in [1.54, 1.807) is 6.07 Å². The predicted molar refractivity (Wildman–Crippen MR) is 57.8 cm³/mol. The summed E-state index contributed by atoms with van der Waals surface area (Å²) in [7, 11) is 0. The van der Waals surface area contributed by atoms with Crippen molar-refractivity contribution in [3.63, 3.8) is 0 Å². The van der Waals surface area contributed by atoms with Crippen molar-refractivity contribution < 1.29 is 5.11 Å². The minimum atomic E-state index is 0.173. The van der Waals surface area contributed by atoms with Gasteiger partial charge in [0.05, 0.1) is 0 Å². The lowest BCUT2D eigenvalue weighted by Gasteiger charge is -2.08. The van der Waals surface area contributed by atoms with E-state index in [4.69, 9.17) is 5.73 Å². The van der Waals surface area contributed by atoms with E-state index < -0.39 is 0 Å². The van der Waals surface area contributed by atoms with Gasteiger partial charge in [-0.2, -0.15) is 0 Å². The maximum Gasteiger partial charge on any atom is 0.119 e. The molecule has 3 N–H and O–H groups in total. The second-order valence-electron chi connectivity index (χ2n) is 3.25. The zero-order valence-corrected chi connectivity index (χ0v) is 9.21. The lowest BCUT2D eigenvalue weighted by molar-refractivity contribution is 0.465. The molecule has 0 saturated heterocycles. The van der Waals surface area contributed by atoms with Gasteiger partial charge in [0, 0.05) is 16.1 Å². The summed E-state index contributed by atoms with van der Waals surface area (Å²) in [4.78, 5) is 0. The Morgan fingerprint density at radius 2 is 2.23 bits per heavy atom. The van der Waals surface area contributed by atoms with E-state index in [9.17, 15) is 5.11 Å². The molecule has 0 radical (unpaired) electrons. The predicted octanol–water partition coefficient (Wildman–Crippen LogP) is 2.43. The smallest absolute Gasteiger partial charge is 0.119 e. The molecule has 2 nitrogen and oxygen atoms in total. The fourth-order valence-corrected chi connectivity index (χ4v) is 1.72. The Labute approximate surface area is 86.9 Å². The zero-order valence-electron chi connectivity index (χ0n) is 7.63. The van der Waals surface area contributed by atoms with Crippen LogP contribution in [-0.4, -0.2) is 11.1 Å². The third kappa shape index (κ3) is 3.01. The van der Waals surface area contributed by atoms with Gasteiger partial charge in [-0.1, -0.05) is 22.0 Å². The molecule has 1 atom stereocenters. The van der Waals surface area contributed by atoms with Gasteiger partial charge in [0.15, 0.2) is 0 Å². The molecule has 0 unspecified atom stereocenters. The van der Waals surface area contributed by atoms with Crippen LogP contribution in [0.1, 0.15) is 18.9 Å². The first-order valence-corrected chi connectivity index (χ1v) is 5.12. The molecule has 0 aromatic heterocycles. The molecule has 0 aliphatic carbocycles. The minimum absolute atomic E-state index is 0.173. The molecular formula is C10H14BrNO. The molecular weight excluding hydrogens is 230 g/mol. The van der Waals surface area contributed by atoms with E-state index in [1.807, 2.05) is 19.1 Å². The highest BCUT2D eigenvalue weighted by Gasteiger charge is 2.05. The molecule has 3 heteroatoms. The van der Waals surface area contributed by atoms with Crippen LogP contribution in [0, 0.1) is 0 Å². The summed E-state index contributed by atoms with van der Waals surface area (Å²) in [6.07, 6.45) is 1.70. The molecule has 0 heterocycles. The Balaban J connectivity index is 2.75. The lowest BCUT2D eigenvalue weighted by atomic mass is 10.1. The van der Waals surface area contributed by atoms with Crippen molar-refractivity contribution in [1.29, 1.82) is 0 Å². The lowest BCUT2D eigenvalue weighted by Crippen LogP contribution is -2.15. The highest BCUT2D eigenvalue weighted by Crippen LogP contribution is 2.26. The topological polar surface area (TPSA) is 46.2 Å². The summed E-state index contributed by atoms with van der Waals surface area (Å²) < 4.78 is 0.952. The number of aromatic hydroxyl groups is 1. The third-order valence-electron chi connectivity index (χ3n) is 1.94. The number of phenolic OH excluding ortho intramolecular Hbond substituents is 1. The molecule has 1 aromatic rings. The second-order valence-corrected chi connectivity index (χ2v) is 4.11. The molecule has 0 saturated carbocycles. The van der Waals surface area contributed by atoms with Gasteiger partial charge in [-0.3, -0.25) is 0 Å². The molecule has 0 amide bonds. The first kappa shape index (κ1) is 10.5. The molecule has 0 aliphatic heterocycles. The number of halogens is 1. The van der Waals surface area contributed by atoms with Crippen molar-refractivity contribution in [3.8, 4) is 5.75 Å². The molecule has 72 valence electrons. The maximum absolute atomic E-state index is 9.53. The number of phenols is 1. The highest BCUT2D eigenvalue weighted by atomic mass is 79.9. The number of nitrogens with two attached hydrogens (primary N) is 1. The first-order valence-electron chi connectivity index (χ1n) is 4.33. The Bertz CT molecular complexity index is 266. The van der Waals surface area contributed by atoms with Crippen LogP contribution in [0.5, 0.6) is 5.75 Å². The number of benzene rings is 1. The normalized spacial score (nSPS) is 12.8. The summed E-state index contributed by atoms with van der Waals surface area (Å²) in [6, 6.07) is 5.61. The molecule has 13 heavy (non-hydrogen) atoms. The van der Waals surface area contributed by atoms with E-state index in [0.29, 0.717) is 5.75 Å². The largest absolute Gasteiger partial charge is 0.508 e. The van der Waals surface area contributed by atoms with E-state index in [-0.39, 0.29) is 6.04 Å². The van der Waals surface area contributed by atoms with Crippen molar-refractivity contribution in [2.45, 2.75) is 25.8 Å². The summed E-state index contributed by atoms with van der Waals surface area (Å²) in [5.41, 5.74) is 6.59. The fraction of sp³-hybridized carbons (Fsp3) is 0.400. The molecule has 0 fully saturated rings. The van der Waals surface area contributed by atoms with Gasteiger partial charge in [0.25, 0.3) is 0 Å². The third-order valence-corrected chi connectivity index (χ3v) is 2.69. The molecule has 0 bridgehead atoms. The summed E-state index contributed by atoms with van der Waals surface area (Å²) in [5, 5.41) is 9.53. The van der Waals surface area contributed by atoms with Crippen molar-refractivity contribution >= 4 is 15.9 Å². The Hall–Kier alpha value is -0.540. The van der Waals surface area contributed by atoms with Crippen LogP contribution in [0.3, 0.4) is 0 Å². The van der Waals surface area contributed by atoms with Crippen LogP contribution in [0.2, 0.25) is 0 Å². The van der Waals surface area contributed by atoms with Gasteiger partial charge < -0.3 is 10.8 Å². The maximum atomic E-state index is 9.53. The second kappa shape index (κ2) is 4.63. The van der Waals surface area contributed by atoms with Crippen molar-refractivity contribution in [1.82, 2.24) is 0 Å². The Morgan fingerprint density at radius 3 is 2.77 bits per heavy atom. The van der Waals surface area contributed by atoms with E-state index in [1.165, 1.54) is 0 Å². The average molecular weight is 244 g/mol. The first-order chi connectivity index (χ1) is 6.11. The summed E-state index contributed by atoms with van der Waals surface area (Å²) in [5.74, 6) is 0.343. The van der Waals surface area contributed by atoms with Crippen LogP contribution < -0.4 is 5.73 Å². The van der Waals surface area contributed by atoms with Gasteiger partial charge in [-0.05, 0) is 31.9 Å². The SMILES string of the molecule is C[C@H](N)CCc1c(O)cccc1Br. The number of rotatable bonds is 3. The van der Waals surface area contributed by atoms with E-state index >= 15 is 0 Å². The Morgan fingerprint density at radius 1 is 1.54 bits per heavy atom. The van der Waals surface area contributed by atoms with Crippen molar-refractivity contribution in [2.75, 3.05) is 0 Å². The van der Waals surface area contributed by atoms with Gasteiger partial charge >= 0.3 is 0 Å². The quantitative estimate of drug-likeness (QED) is 0.857. The van der Waals surface area contributed by atoms with Crippen LogP contribution in [-0.2, 0) is 6.42 Å². The summed E-state index contributed by atoms with van der Waals surface area (Å²) in [6.45, 7) is 1.97. The average Bonchev–Trinajstić information content (AvgIpc) is 2.03. The minimum Gasteiger partial charge on any atom is -0.508 e. The van der Waals surface area contributed by atoms with E-state index in [2.05, 4.69) is 15.9 Å². The van der Waals surface area contributed by atoms with Gasteiger partial charge in [0.1, 0.15) is 5.75 Å². The van der Waals surface area contributed by atoms with E-state index in [0.717, 1.165) is 22.9 Å². The van der Waals surface area contributed by atoms with Crippen molar-refractivity contribution in [2.24, 2.45) is 5.73 Å². The van der Waals surface area contributed by atoms with Crippen LogP contribution in [0.15, 0.2) is 22.7 Å². The van der Waals surface area contributed by atoms with Crippen molar-refractivity contribution in [3.05, 3.63) is 28.2 Å². The molecule has 1 rings (SSSR count). The van der Waals surface area contributed by atoms with Gasteiger partial charge in [-0.25, -0.2) is 0 Å². The monoisotopic (exact) mass is 243 g/mol. The van der Waals surface area contributed by atoms with Crippen LogP contribution in [0.25, 0.3) is 0 Å². The Kier molecular flexibility index (Phi) is 3.75. The highest BCUT2D eigenvalue weighted by molar-refractivity contribution is 9.10. The summed E-state index contributed by atoms with van der Waals surface area (Å²) >= 11 is 3.40. The number of hydrogen-bond acceptors (Lipinski definition) is 2. The standard InChI is InChI=1S/C10H14BrNO/c1-7(12)5-6-8-9(11)3-2-4-10(8)13/h2-4,7,13H,5-6,12H2,1H3/t7-/m0/s1. The van der Waals surface area contributed by atoms with Gasteiger partial charge in [0.2, 0.25) is 0 Å². The molecule has 1 aromatic carbocycles. The molecule has 0 aliphatic rings. The van der Waals surface area contributed by atoms with Crippen LogP contribution >= 0.6 is 15.9 Å². The van der Waals surface area contributed by atoms with Crippen LogP contribution in [0.4, 0.5) is 0 Å².